The van der Waals surface area contributed by atoms with Crippen molar-refractivity contribution in [2.75, 3.05) is 13.2 Å². The summed E-state index contributed by atoms with van der Waals surface area (Å²) in [6, 6.07) is 7.82. The van der Waals surface area contributed by atoms with Gasteiger partial charge >= 0.3 is 6.18 Å². The van der Waals surface area contributed by atoms with Crippen LogP contribution in [0.2, 0.25) is 0 Å². The zero-order chi connectivity index (χ0) is 14.9. The van der Waals surface area contributed by atoms with Crippen LogP contribution in [0.15, 0.2) is 30.5 Å². The summed E-state index contributed by atoms with van der Waals surface area (Å²) in [7, 11) is 0. The quantitative estimate of drug-likeness (QED) is 0.939. The molecule has 0 saturated carbocycles. The van der Waals surface area contributed by atoms with Crippen LogP contribution >= 0.6 is 11.3 Å². The van der Waals surface area contributed by atoms with Crippen LogP contribution in [0.5, 0.6) is 5.75 Å². The lowest BCUT2D eigenvalue weighted by molar-refractivity contribution is -0.137. The van der Waals surface area contributed by atoms with Gasteiger partial charge in [-0.2, -0.15) is 13.2 Å². The first kappa shape index (κ1) is 14.3. The largest absolute Gasteiger partial charge is 0.493 e. The summed E-state index contributed by atoms with van der Waals surface area (Å²) in [6.07, 6.45) is -3.08. The van der Waals surface area contributed by atoms with Crippen LogP contribution in [0.4, 0.5) is 13.2 Å². The molecule has 7 heteroatoms. The molecule has 0 spiro atoms. The molecule has 3 nitrogen and oxygen atoms in total. The molecule has 1 atom stereocenters. The number of thiazole rings is 1. The lowest BCUT2D eigenvalue weighted by Crippen LogP contribution is -2.21. The Labute approximate surface area is 123 Å². The van der Waals surface area contributed by atoms with E-state index in [1.807, 2.05) is 24.3 Å². The van der Waals surface area contributed by atoms with Crippen LogP contribution in [0.3, 0.4) is 0 Å². The molecular formula is C14H13F3N2OS. The third-order valence-corrected chi connectivity index (χ3v) is 4.33. The summed E-state index contributed by atoms with van der Waals surface area (Å²) in [6.45, 7) is 1.64. The maximum absolute atomic E-state index is 12.4. The van der Waals surface area contributed by atoms with Gasteiger partial charge in [-0.3, -0.25) is 0 Å². The zero-order valence-electron chi connectivity index (χ0n) is 11.0. The first-order valence-corrected chi connectivity index (χ1v) is 7.30. The number of rotatable bonds is 4. The van der Waals surface area contributed by atoms with E-state index in [-0.39, 0.29) is 5.92 Å². The highest BCUT2D eigenvalue weighted by atomic mass is 32.1. The van der Waals surface area contributed by atoms with Gasteiger partial charge in [-0.25, -0.2) is 4.98 Å². The Morgan fingerprint density at radius 3 is 2.90 bits per heavy atom. The summed E-state index contributed by atoms with van der Waals surface area (Å²) < 4.78 is 42.9. The maximum Gasteiger partial charge on any atom is 0.443 e. The predicted molar refractivity (Wildman–Crippen MR) is 73.5 cm³/mol. The van der Waals surface area contributed by atoms with Gasteiger partial charge in [0.15, 0.2) is 5.01 Å². The van der Waals surface area contributed by atoms with Crippen LogP contribution in [-0.4, -0.2) is 18.1 Å². The zero-order valence-corrected chi connectivity index (χ0v) is 11.8. The number of alkyl halides is 3. The van der Waals surface area contributed by atoms with Gasteiger partial charge < -0.3 is 10.1 Å². The molecule has 1 aromatic heterocycles. The molecular weight excluding hydrogens is 301 g/mol. The highest BCUT2D eigenvalue weighted by molar-refractivity contribution is 7.11. The standard InChI is InChI=1S/C14H13F3N2OS/c15-14(16,17)13-19-7-10(21-13)6-18-5-9-8-20-12-4-2-1-3-11(9)12/h1-4,7,9,18H,5-6,8H2. The minimum Gasteiger partial charge on any atom is -0.493 e. The van der Waals surface area contributed by atoms with Crippen molar-refractivity contribution in [2.45, 2.75) is 18.6 Å². The van der Waals surface area contributed by atoms with Crippen LogP contribution in [0.25, 0.3) is 0 Å². The van der Waals surface area contributed by atoms with Crippen LogP contribution < -0.4 is 10.1 Å². The molecule has 0 amide bonds. The van der Waals surface area contributed by atoms with E-state index in [9.17, 15) is 13.2 Å². The predicted octanol–water partition coefficient (Wildman–Crippen LogP) is 3.43. The van der Waals surface area contributed by atoms with Crippen molar-refractivity contribution >= 4 is 11.3 Å². The molecule has 112 valence electrons. The number of hydrogen-bond donors (Lipinski definition) is 1. The second-order valence-electron chi connectivity index (χ2n) is 4.81. The molecule has 2 aromatic rings. The van der Waals surface area contributed by atoms with E-state index >= 15 is 0 Å². The van der Waals surface area contributed by atoms with Crippen molar-refractivity contribution in [1.29, 1.82) is 0 Å². The molecule has 0 saturated heterocycles. The van der Waals surface area contributed by atoms with Gasteiger partial charge in [0.2, 0.25) is 0 Å². The van der Waals surface area contributed by atoms with Crippen LogP contribution in [0.1, 0.15) is 21.4 Å². The average molecular weight is 314 g/mol. The van der Waals surface area contributed by atoms with Crippen molar-refractivity contribution in [1.82, 2.24) is 10.3 Å². The first-order valence-electron chi connectivity index (χ1n) is 6.48. The monoisotopic (exact) mass is 314 g/mol. The number of nitrogens with one attached hydrogen (secondary N) is 1. The molecule has 21 heavy (non-hydrogen) atoms. The SMILES string of the molecule is FC(F)(F)c1ncc(CNCC2COc3ccccc32)s1. The third kappa shape index (κ3) is 3.19. The Bertz CT molecular complexity index is 627. The molecule has 0 radical (unpaired) electrons. The average Bonchev–Trinajstić information content (AvgIpc) is 3.06. The van der Waals surface area contributed by atoms with E-state index in [1.165, 1.54) is 6.20 Å². The summed E-state index contributed by atoms with van der Waals surface area (Å²) in [4.78, 5) is 3.98. The number of para-hydroxylation sites is 1. The maximum atomic E-state index is 12.4. The summed E-state index contributed by atoms with van der Waals surface area (Å²) in [5.74, 6) is 1.12. The van der Waals surface area contributed by atoms with Gasteiger partial charge in [-0.1, -0.05) is 18.2 Å². The summed E-state index contributed by atoms with van der Waals surface area (Å²) in [5, 5.41) is 2.37. The molecule has 1 aliphatic heterocycles. The minimum atomic E-state index is -4.36. The molecule has 0 aliphatic carbocycles. The molecule has 3 rings (SSSR count). The number of hydrogen-bond acceptors (Lipinski definition) is 4. The number of ether oxygens (including phenoxy) is 1. The normalized spacial score (nSPS) is 17.6. The van der Waals surface area contributed by atoms with Crippen molar-refractivity contribution in [3.8, 4) is 5.75 Å². The molecule has 2 heterocycles. The van der Waals surface area contributed by atoms with Crippen LogP contribution in [0, 0.1) is 0 Å². The van der Waals surface area contributed by atoms with E-state index in [0.717, 1.165) is 11.3 Å². The minimum absolute atomic E-state index is 0.233. The number of halogens is 3. The Balaban J connectivity index is 1.54. The molecule has 0 bridgehead atoms. The topological polar surface area (TPSA) is 34.2 Å². The van der Waals surface area contributed by atoms with Gasteiger partial charge in [-0.05, 0) is 6.07 Å². The van der Waals surface area contributed by atoms with Crippen LogP contribution in [-0.2, 0) is 12.7 Å². The fraction of sp³-hybridized carbons (Fsp3) is 0.357. The number of benzene rings is 1. The summed E-state index contributed by atoms with van der Waals surface area (Å²) in [5.41, 5.74) is 1.14. The van der Waals surface area contributed by atoms with Gasteiger partial charge in [0.1, 0.15) is 5.75 Å². The first-order chi connectivity index (χ1) is 10.0. The molecule has 1 aromatic carbocycles. The highest BCUT2D eigenvalue weighted by Crippen LogP contribution is 2.34. The number of nitrogens with zero attached hydrogens (tertiary/aromatic N) is 1. The van der Waals surface area contributed by atoms with E-state index in [2.05, 4.69) is 10.3 Å². The molecule has 0 fully saturated rings. The Morgan fingerprint density at radius 1 is 1.33 bits per heavy atom. The fourth-order valence-corrected chi connectivity index (χ4v) is 3.04. The Hall–Kier alpha value is -1.60. The van der Waals surface area contributed by atoms with Crippen molar-refractivity contribution in [3.05, 3.63) is 45.9 Å². The van der Waals surface area contributed by atoms with E-state index in [0.29, 0.717) is 35.9 Å². The highest BCUT2D eigenvalue weighted by Gasteiger charge is 2.34. The smallest absolute Gasteiger partial charge is 0.443 e. The van der Waals surface area contributed by atoms with E-state index < -0.39 is 11.2 Å². The fourth-order valence-electron chi connectivity index (χ4n) is 2.29. The summed E-state index contributed by atoms with van der Waals surface area (Å²) >= 11 is 0.678. The number of aromatic nitrogens is 1. The van der Waals surface area contributed by atoms with E-state index in [1.54, 1.807) is 0 Å². The van der Waals surface area contributed by atoms with Gasteiger partial charge in [0.25, 0.3) is 0 Å². The van der Waals surface area contributed by atoms with Gasteiger partial charge in [0.05, 0.1) is 6.61 Å². The van der Waals surface area contributed by atoms with Gasteiger partial charge in [0, 0.05) is 35.6 Å². The van der Waals surface area contributed by atoms with Crippen molar-refractivity contribution in [3.63, 3.8) is 0 Å². The third-order valence-electron chi connectivity index (χ3n) is 3.28. The lowest BCUT2D eigenvalue weighted by Gasteiger charge is -2.09. The second-order valence-corrected chi connectivity index (χ2v) is 5.92. The molecule has 1 N–H and O–H groups in total. The molecule has 1 aliphatic rings. The molecule has 1 unspecified atom stereocenters. The van der Waals surface area contributed by atoms with Crippen molar-refractivity contribution < 1.29 is 17.9 Å². The van der Waals surface area contributed by atoms with Crippen molar-refractivity contribution in [2.24, 2.45) is 0 Å². The van der Waals surface area contributed by atoms with Gasteiger partial charge in [-0.15, -0.1) is 11.3 Å². The lowest BCUT2D eigenvalue weighted by atomic mass is 10.0. The second kappa shape index (κ2) is 5.65. The Morgan fingerprint density at radius 2 is 2.14 bits per heavy atom. The Kier molecular flexibility index (Phi) is 3.86. The number of fused-ring (bicyclic) bond motifs is 1. The van der Waals surface area contributed by atoms with E-state index in [4.69, 9.17) is 4.74 Å².